The minimum absolute atomic E-state index is 0.0855. The Kier molecular flexibility index (Phi) is 5.04. The van der Waals surface area contributed by atoms with Crippen LogP contribution in [0.5, 0.6) is 11.5 Å². The number of nitrogens with zero attached hydrogens (tertiary/aromatic N) is 4. The Morgan fingerprint density at radius 2 is 2.00 bits per heavy atom. The van der Waals surface area contributed by atoms with Crippen LogP contribution in [0.4, 0.5) is 0 Å². The van der Waals surface area contributed by atoms with E-state index in [2.05, 4.69) is 25.8 Å². The molecule has 0 aliphatic carbocycles. The molecule has 0 spiro atoms. The first-order valence-electron chi connectivity index (χ1n) is 9.03. The number of hydrogen-bond donors (Lipinski definition) is 2. The van der Waals surface area contributed by atoms with Gasteiger partial charge in [-0.3, -0.25) is 4.40 Å². The van der Waals surface area contributed by atoms with E-state index < -0.39 is 0 Å². The van der Waals surface area contributed by atoms with Crippen molar-refractivity contribution in [2.75, 3.05) is 19.7 Å². The smallest absolute Gasteiger partial charge is 0.191 e. The van der Waals surface area contributed by atoms with Crippen molar-refractivity contribution >= 4 is 11.6 Å². The number of ether oxygens (including phenoxy) is 2. The van der Waals surface area contributed by atoms with Gasteiger partial charge in [0.15, 0.2) is 28.9 Å². The lowest BCUT2D eigenvalue weighted by Gasteiger charge is -2.27. The van der Waals surface area contributed by atoms with Crippen molar-refractivity contribution in [3.8, 4) is 11.5 Å². The van der Waals surface area contributed by atoms with E-state index in [0.29, 0.717) is 25.7 Å². The highest BCUT2D eigenvalue weighted by Gasteiger charge is 2.20. The van der Waals surface area contributed by atoms with Crippen molar-refractivity contribution in [3.63, 3.8) is 0 Å². The zero-order valence-electron chi connectivity index (χ0n) is 15.1. The van der Waals surface area contributed by atoms with Gasteiger partial charge in [-0.15, -0.1) is 10.2 Å². The number of nitrogens with one attached hydrogen (secondary N) is 2. The molecule has 0 radical (unpaired) electrons. The van der Waals surface area contributed by atoms with E-state index >= 15 is 0 Å². The van der Waals surface area contributed by atoms with Gasteiger partial charge in [0.05, 0.1) is 6.54 Å². The molecule has 1 aliphatic heterocycles. The van der Waals surface area contributed by atoms with Gasteiger partial charge in [0.2, 0.25) is 0 Å². The van der Waals surface area contributed by atoms with Gasteiger partial charge in [-0.05, 0) is 31.2 Å². The lowest BCUT2D eigenvalue weighted by atomic mass is 10.2. The van der Waals surface area contributed by atoms with Crippen LogP contribution in [0.1, 0.15) is 12.7 Å². The first-order valence-corrected chi connectivity index (χ1v) is 9.03. The Balaban J connectivity index is 1.39. The van der Waals surface area contributed by atoms with Crippen molar-refractivity contribution in [2.24, 2.45) is 4.99 Å². The summed E-state index contributed by atoms with van der Waals surface area (Å²) in [6, 6.07) is 13.5. The van der Waals surface area contributed by atoms with Gasteiger partial charge < -0.3 is 20.1 Å². The molecule has 140 valence electrons. The van der Waals surface area contributed by atoms with Crippen LogP contribution >= 0.6 is 0 Å². The van der Waals surface area contributed by atoms with E-state index in [-0.39, 0.29) is 6.10 Å². The van der Waals surface area contributed by atoms with Crippen molar-refractivity contribution in [1.82, 2.24) is 25.2 Å². The molecule has 1 aromatic carbocycles. The van der Waals surface area contributed by atoms with Crippen LogP contribution in [0.15, 0.2) is 53.7 Å². The van der Waals surface area contributed by atoms with Crippen LogP contribution in [0.2, 0.25) is 0 Å². The van der Waals surface area contributed by atoms with E-state index in [1.807, 2.05) is 60.0 Å². The average Bonchev–Trinajstić information content (AvgIpc) is 3.13. The summed E-state index contributed by atoms with van der Waals surface area (Å²) in [6.07, 6.45) is 1.85. The number of benzene rings is 1. The minimum Gasteiger partial charge on any atom is -0.486 e. The van der Waals surface area contributed by atoms with Crippen molar-refractivity contribution in [2.45, 2.75) is 19.6 Å². The molecule has 2 N–H and O–H groups in total. The molecule has 2 aromatic heterocycles. The molecule has 0 bridgehead atoms. The quantitative estimate of drug-likeness (QED) is 0.527. The van der Waals surface area contributed by atoms with E-state index in [1.165, 1.54) is 0 Å². The van der Waals surface area contributed by atoms with Gasteiger partial charge in [0.25, 0.3) is 0 Å². The monoisotopic (exact) mass is 366 g/mol. The Hall–Kier alpha value is -3.29. The third-order valence-corrected chi connectivity index (χ3v) is 4.17. The van der Waals surface area contributed by atoms with Crippen LogP contribution < -0.4 is 20.1 Å². The predicted molar refractivity (Wildman–Crippen MR) is 102 cm³/mol. The molecule has 1 aliphatic rings. The van der Waals surface area contributed by atoms with Gasteiger partial charge in [-0.25, -0.2) is 4.99 Å². The van der Waals surface area contributed by atoms with Gasteiger partial charge in [0.1, 0.15) is 19.3 Å². The predicted octanol–water partition coefficient (Wildman–Crippen LogP) is 1.62. The number of aromatic nitrogens is 3. The third kappa shape index (κ3) is 3.94. The lowest BCUT2D eigenvalue weighted by Crippen LogP contribution is -2.45. The second kappa shape index (κ2) is 7.94. The number of aliphatic imine (C=N–C) groups is 1. The van der Waals surface area contributed by atoms with Crippen LogP contribution in [-0.2, 0) is 6.54 Å². The maximum atomic E-state index is 5.97. The molecule has 0 amide bonds. The molecule has 0 saturated carbocycles. The van der Waals surface area contributed by atoms with Gasteiger partial charge in [-0.2, -0.15) is 0 Å². The van der Waals surface area contributed by atoms with E-state index in [4.69, 9.17) is 9.47 Å². The molecule has 1 atom stereocenters. The summed E-state index contributed by atoms with van der Waals surface area (Å²) in [7, 11) is 0. The number of rotatable bonds is 5. The molecule has 0 saturated heterocycles. The van der Waals surface area contributed by atoms with E-state index in [1.54, 1.807) is 0 Å². The molecule has 4 rings (SSSR count). The Labute approximate surface area is 157 Å². The van der Waals surface area contributed by atoms with Crippen molar-refractivity contribution in [3.05, 3.63) is 54.5 Å². The maximum absolute atomic E-state index is 5.97. The van der Waals surface area contributed by atoms with Gasteiger partial charge in [-0.1, -0.05) is 18.2 Å². The number of pyridine rings is 1. The fourth-order valence-corrected chi connectivity index (χ4v) is 2.86. The van der Waals surface area contributed by atoms with E-state index in [9.17, 15) is 0 Å². The summed E-state index contributed by atoms with van der Waals surface area (Å²) in [6.45, 7) is 4.29. The van der Waals surface area contributed by atoms with Crippen LogP contribution in [0.25, 0.3) is 5.65 Å². The highest BCUT2D eigenvalue weighted by atomic mass is 16.6. The largest absolute Gasteiger partial charge is 0.486 e. The summed E-state index contributed by atoms with van der Waals surface area (Å²) in [4.78, 5) is 4.61. The van der Waals surface area contributed by atoms with Crippen molar-refractivity contribution < 1.29 is 9.47 Å². The summed E-state index contributed by atoms with van der Waals surface area (Å²) < 4.78 is 13.7. The fourth-order valence-electron chi connectivity index (χ4n) is 2.86. The zero-order chi connectivity index (χ0) is 18.5. The van der Waals surface area contributed by atoms with Gasteiger partial charge in [0, 0.05) is 12.7 Å². The molecule has 3 aromatic rings. The summed E-state index contributed by atoms with van der Waals surface area (Å²) in [5.74, 6) is 3.04. The Morgan fingerprint density at radius 1 is 1.15 bits per heavy atom. The van der Waals surface area contributed by atoms with Crippen molar-refractivity contribution in [1.29, 1.82) is 0 Å². The van der Waals surface area contributed by atoms with Gasteiger partial charge >= 0.3 is 0 Å². The maximum Gasteiger partial charge on any atom is 0.191 e. The number of hydrogen-bond acceptors (Lipinski definition) is 5. The number of fused-ring (bicyclic) bond motifs is 2. The molecule has 1 unspecified atom stereocenters. The summed E-state index contributed by atoms with van der Waals surface area (Å²) >= 11 is 0. The second-order valence-electron chi connectivity index (χ2n) is 6.12. The van der Waals surface area contributed by atoms with Crippen LogP contribution in [0.3, 0.4) is 0 Å². The third-order valence-electron chi connectivity index (χ3n) is 4.17. The molecular formula is C19H22N6O2. The molecule has 8 nitrogen and oxygen atoms in total. The topological polar surface area (TPSA) is 85.1 Å². The SMILES string of the molecule is CCNC(=NCc1nnc2ccccn12)NCC1COc2ccccc2O1. The lowest BCUT2D eigenvalue weighted by molar-refractivity contribution is 0.0936. The Bertz CT molecular complexity index is 939. The average molecular weight is 366 g/mol. The molecule has 27 heavy (non-hydrogen) atoms. The molecular weight excluding hydrogens is 344 g/mol. The standard InChI is InChI=1S/C19H22N6O2/c1-2-20-19(22-12-18-24-23-17-9-5-6-10-25(17)18)21-11-14-13-26-15-7-3-4-8-16(15)27-14/h3-10,14H,2,11-13H2,1H3,(H2,20,21,22). The first-order chi connectivity index (χ1) is 13.3. The summed E-state index contributed by atoms with van der Waals surface area (Å²) in [5.41, 5.74) is 0.812. The second-order valence-corrected chi connectivity index (χ2v) is 6.12. The molecule has 8 heteroatoms. The van der Waals surface area contributed by atoms with Crippen LogP contribution in [-0.4, -0.2) is 46.4 Å². The highest BCUT2D eigenvalue weighted by molar-refractivity contribution is 5.79. The Morgan fingerprint density at radius 3 is 2.89 bits per heavy atom. The first kappa shape index (κ1) is 17.1. The minimum atomic E-state index is -0.0855. The number of guanidine groups is 1. The number of para-hydroxylation sites is 2. The highest BCUT2D eigenvalue weighted by Crippen LogP contribution is 2.30. The fraction of sp³-hybridized carbons (Fsp3) is 0.316. The molecule has 3 heterocycles. The van der Waals surface area contributed by atoms with Crippen LogP contribution in [0, 0.1) is 0 Å². The normalized spacial score (nSPS) is 16.3. The molecule has 0 fully saturated rings. The van der Waals surface area contributed by atoms with E-state index in [0.717, 1.165) is 29.5 Å². The summed E-state index contributed by atoms with van der Waals surface area (Å²) in [5, 5.41) is 14.9. The zero-order valence-corrected chi connectivity index (χ0v) is 15.1.